The van der Waals surface area contributed by atoms with Crippen LogP contribution >= 0.6 is 34.9 Å². The molecule has 3 rings (SSSR count). The van der Waals surface area contributed by atoms with Crippen molar-refractivity contribution < 1.29 is 0 Å². The van der Waals surface area contributed by atoms with Crippen molar-refractivity contribution >= 4 is 51.7 Å². The molecule has 108 valence electrons. The van der Waals surface area contributed by atoms with Crippen LogP contribution in [0.4, 0.5) is 5.69 Å². The minimum Gasteiger partial charge on any atom is -0.368 e. The standard InChI is InChI=1S/C13H16Cl2N4S/c1-7-6-19(4-3-10(7)16-2)13-9(15)5-8(14)11-12(13)18-20-17-11/h5,7,10,16H,3-4,6H2,1-2H3. The Balaban J connectivity index is 2.01. The summed E-state index contributed by atoms with van der Waals surface area (Å²) in [5, 5.41) is 4.60. The van der Waals surface area contributed by atoms with E-state index in [1.54, 1.807) is 6.07 Å². The highest BCUT2D eigenvalue weighted by Gasteiger charge is 2.28. The van der Waals surface area contributed by atoms with Crippen LogP contribution in [0.25, 0.3) is 11.0 Å². The van der Waals surface area contributed by atoms with E-state index < -0.39 is 0 Å². The third-order valence-electron chi connectivity index (χ3n) is 4.01. The zero-order valence-electron chi connectivity index (χ0n) is 11.4. The van der Waals surface area contributed by atoms with Gasteiger partial charge in [0.25, 0.3) is 0 Å². The van der Waals surface area contributed by atoms with Crippen LogP contribution in [0, 0.1) is 5.92 Å². The summed E-state index contributed by atoms with van der Waals surface area (Å²) >= 11 is 13.8. The maximum Gasteiger partial charge on any atom is 0.131 e. The number of hydrogen-bond donors (Lipinski definition) is 1. The molecule has 0 radical (unpaired) electrons. The first-order valence-corrected chi connectivity index (χ1v) is 8.13. The number of nitrogens with zero attached hydrogens (tertiary/aromatic N) is 3. The second-order valence-corrected chi connectivity index (χ2v) is 6.60. The fourth-order valence-electron chi connectivity index (χ4n) is 2.94. The number of hydrogen-bond acceptors (Lipinski definition) is 5. The Morgan fingerprint density at radius 3 is 2.75 bits per heavy atom. The molecule has 0 bridgehead atoms. The predicted molar refractivity (Wildman–Crippen MR) is 86.3 cm³/mol. The number of nitrogens with one attached hydrogen (secondary N) is 1. The van der Waals surface area contributed by atoms with E-state index in [0.717, 1.165) is 36.2 Å². The summed E-state index contributed by atoms with van der Waals surface area (Å²) in [6.45, 7) is 4.18. The van der Waals surface area contributed by atoms with Crippen molar-refractivity contribution in [3.05, 3.63) is 16.1 Å². The third kappa shape index (κ3) is 2.37. The second-order valence-electron chi connectivity index (χ2n) is 5.26. The molecule has 7 heteroatoms. The van der Waals surface area contributed by atoms with Crippen molar-refractivity contribution in [2.24, 2.45) is 5.92 Å². The zero-order chi connectivity index (χ0) is 14.3. The molecule has 4 nitrogen and oxygen atoms in total. The summed E-state index contributed by atoms with van der Waals surface area (Å²) in [7, 11) is 2.02. The highest BCUT2D eigenvalue weighted by atomic mass is 35.5. The van der Waals surface area contributed by atoms with Gasteiger partial charge >= 0.3 is 0 Å². The molecule has 2 aromatic rings. The molecular weight excluding hydrogens is 315 g/mol. The van der Waals surface area contributed by atoms with Crippen molar-refractivity contribution in [1.29, 1.82) is 0 Å². The van der Waals surface area contributed by atoms with Crippen LogP contribution in [0.1, 0.15) is 13.3 Å². The molecule has 0 aliphatic carbocycles. The van der Waals surface area contributed by atoms with E-state index in [-0.39, 0.29) is 0 Å². The lowest BCUT2D eigenvalue weighted by atomic mass is 9.93. The minimum absolute atomic E-state index is 0.557. The molecule has 0 spiro atoms. The number of benzene rings is 1. The van der Waals surface area contributed by atoms with Crippen molar-refractivity contribution in [1.82, 2.24) is 14.1 Å². The van der Waals surface area contributed by atoms with Gasteiger partial charge in [0.15, 0.2) is 0 Å². The van der Waals surface area contributed by atoms with Crippen LogP contribution in [0.2, 0.25) is 10.0 Å². The van der Waals surface area contributed by atoms with Crippen LogP contribution in [-0.4, -0.2) is 34.9 Å². The number of piperidine rings is 1. The van der Waals surface area contributed by atoms with Gasteiger partial charge in [0.2, 0.25) is 0 Å². The molecule has 2 heterocycles. The molecule has 1 N–H and O–H groups in total. The lowest BCUT2D eigenvalue weighted by molar-refractivity contribution is 0.339. The third-order valence-corrected chi connectivity index (χ3v) is 5.12. The average molecular weight is 331 g/mol. The largest absolute Gasteiger partial charge is 0.368 e. The van der Waals surface area contributed by atoms with E-state index in [9.17, 15) is 0 Å². The van der Waals surface area contributed by atoms with Crippen LogP contribution in [-0.2, 0) is 0 Å². The van der Waals surface area contributed by atoms with Gasteiger partial charge in [-0.15, -0.1) is 0 Å². The molecule has 1 aliphatic heterocycles. The van der Waals surface area contributed by atoms with Gasteiger partial charge in [-0.1, -0.05) is 30.1 Å². The Labute approximate surface area is 132 Å². The van der Waals surface area contributed by atoms with Crippen molar-refractivity contribution in [2.45, 2.75) is 19.4 Å². The Hall–Kier alpha value is -0.620. The van der Waals surface area contributed by atoms with E-state index in [1.165, 1.54) is 11.7 Å². The summed E-state index contributed by atoms with van der Waals surface area (Å²) in [5.74, 6) is 0.558. The highest BCUT2D eigenvalue weighted by Crippen LogP contribution is 2.39. The van der Waals surface area contributed by atoms with Gasteiger partial charge in [0.05, 0.1) is 27.5 Å². The fourth-order valence-corrected chi connectivity index (χ4v) is 4.17. The van der Waals surface area contributed by atoms with Crippen LogP contribution in [0.3, 0.4) is 0 Å². The molecule has 1 aromatic heterocycles. The molecule has 1 aromatic carbocycles. The first-order valence-electron chi connectivity index (χ1n) is 6.64. The van der Waals surface area contributed by atoms with Crippen LogP contribution in [0.5, 0.6) is 0 Å². The molecule has 0 amide bonds. The predicted octanol–water partition coefficient (Wildman–Crippen LogP) is 3.43. The van der Waals surface area contributed by atoms with Gasteiger partial charge < -0.3 is 10.2 Å². The Bertz CT molecular complexity index is 630. The number of halogens is 2. The van der Waals surface area contributed by atoms with Gasteiger partial charge in [-0.05, 0) is 25.5 Å². The Kier molecular flexibility index (Phi) is 4.04. The summed E-state index contributed by atoms with van der Waals surface area (Å²) in [6.07, 6.45) is 1.09. The molecule has 0 saturated carbocycles. The quantitative estimate of drug-likeness (QED) is 0.915. The number of anilines is 1. The first kappa shape index (κ1) is 14.3. The number of fused-ring (bicyclic) bond motifs is 1. The van der Waals surface area contributed by atoms with E-state index in [1.807, 2.05) is 7.05 Å². The zero-order valence-corrected chi connectivity index (χ0v) is 13.7. The Morgan fingerprint density at radius 2 is 2.05 bits per heavy atom. The SMILES string of the molecule is CNC1CCN(c2c(Cl)cc(Cl)c3nsnc23)CC1C. The second kappa shape index (κ2) is 5.64. The van der Waals surface area contributed by atoms with E-state index in [4.69, 9.17) is 23.2 Å². The highest BCUT2D eigenvalue weighted by molar-refractivity contribution is 7.00. The molecule has 1 fully saturated rings. The molecular formula is C13H16Cl2N4S. The van der Waals surface area contributed by atoms with Gasteiger partial charge in [0.1, 0.15) is 11.0 Å². The summed E-state index contributed by atoms with van der Waals surface area (Å²) in [5.41, 5.74) is 2.54. The summed E-state index contributed by atoms with van der Waals surface area (Å²) in [6, 6.07) is 2.33. The number of aromatic nitrogens is 2. The monoisotopic (exact) mass is 330 g/mol. The normalized spacial score (nSPS) is 23.5. The van der Waals surface area contributed by atoms with Crippen molar-refractivity contribution in [3.8, 4) is 0 Å². The van der Waals surface area contributed by atoms with Crippen LogP contribution in [0.15, 0.2) is 6.07 Å². The molecule has 1 aliphatic rings. The van der Waals surface area contributed by atoms with Gasteiger partial charge in [-0.2, -0.15) is 8.75 Å². The summed E-state index contributed by atoms with van der Waals surface area (Å²) < 4.78 is 8.65. The van der Waals surface area contributed by atoms with Gasteiger partial charge in [-0.25, -0.2) is 0 Å². The average Bonchev–Trinajstić information content (AvgIpc) is 2.88. The lowest BCUT2D eigenvalue weighted by Gasteiger charge is -2.38. The van der Waals surface area contributed by atoms with E-state index in [0.29, 0.717) is 22.0 Å². The van der Waals surface area contributed by atoms with Crippen molar-refractivity contribution in [3.63, 3.8) is 0 Å². The minimum atomic E-state index is 0.557. The number of rotatable bonds is 2. The molecule has 20 heavy (non-hydrogen) atoms. The molecule has 2 atom stereocenters. The maximum atomic E-state index is 6.41. The maximum absolute atomic E-state index is 6.41. The van der Waals surface area contributed by atoms with E-state index >= 15 is 0 Å². The molecule has 2 unspecified atom stereocenters. The molecule has 1 saturated heterocycles. The van der Waals surface area contributed by atoms with Crippen LogP contribution < -0.4 is 10.2 Å². The smallest absolute Gasteiger partial charge is 0.131 e. The van der Waals surface area contributed by atoms with Gasteiger partial charge in [-0.3, -0.25) is 0 Å². The first-order chi connectivity index (χ1) is 9.61. The van der Waals surface area contributed by atoms with Gasteiger partial charge in [0, 0.05) is 19.1 Å². The topological polar surface area (TPSA) is 41.0 Å². The van der Waals surface area contributed by atoms with E-state index in [2.05, 4.69) is 25.9 Å². The summed E-state index contributed by atoms with van der Waals surface area (Å²) in [4.78, 5) is 2.31. The fraction of sp³-hybridized carbons (Fsp3) is 0.538. The Morgan fingerprint density at radius 1 is 1.30 bits per heavy atom. The lowest BCUT2D eigenvalue weighted by Crippen LogP contribution is -2.47. The van der Waals surface area contributed by atoms with Crippen molar-refractivity contribution in [2.75, 3.05) is 25.0 Å².